The minimum absolute atomic E-state index is 0.453. The van der Waals surface area contributed by atoms with Crippen LogP contribution in [0.15, 0.2) is 54.7 Å². The smallest absolute Gasteiger partial charge is 0.250 e. The molecule has 0 aliphatic carbocycles. The van der Waals surface area contributed by atoms with Crippen molar-refractivity contribution in [2.45, 2.75) is 6.92 Å². The Morgan fingerprint density at radius 1 is 1.08 bits per heavy atom. The molecule has 0 spiro atoms. The molecule has 0 saturated carbocycles. The third-order valence-corrected chi connectivity index (χ3v) is 4.20. The van der Waals surface area contributed by atoms with E-state index in [2.05, 4.69) is 46.4 Å². The maximum absolute atomic E-state index is 11.8. The molecule has 0 aliphatic rings. The molecule has 1 amide bonds. The zero-order valence-corrected chi connectivity index (χ0v) is 13.1. The number of fused-ring (bicyclic) bond motifs is 1. The summed E-state index contributed by atoms with van der Waals surface area (Å²) in [4.78, 5) is 15.1. The first kappa shape index (κ1) is 14.3. The highest BCUT2D eigenvalue weighted by molar-refractivity contribution is 6.10. The van der Waals surface area contributed by atoms with E-state index in [0.717, 1.165) is 33.4 Å². The Bertz CT molecular complexity index is 1030. The Kier molecular flexibility index (Phi) is 3.20. The minimum atomic E-state index is -0.453. The summed E-state index contributed by atoms with van der Waals surface area (Å²) in [5.74, 6) is -0.453. The van der Waals surface area contributed by atoms with E-state index >= 15 is 0 Å². The van der Waals surface area contributed by atoms with Crippen molar-refractivity contribution in [2.24, 2.45) is 5.73 Å². The van der Waals surface area contributed by atoms with Gasteiger partial charge in [-0.15, -0.1) is 0 Å². The maximum atomic E-state index is 11.8. The molecule has 5 nitrogen and oxygen atoms in total. The monoisotopic (exact) mass is 316 g/mol. The fraction of sp³-hybridized carbons (Fsp3) is 0.0526. The predicted molar refractivity (Wildman–Crippen MR) is 94.6 cm³/mol. The van der Waals surface area contributed by atoms with Gasteiger partial charge in [-0.3, -0.25) is 9.89 Å². The number of nitrogens with two attached hydrogens (primary N) is 1. The zero-order chi connectivity index (χ0) is 16.7. The molecule has 5 heteroatoms. The van der Waals surface area contributed by atoms with Crippen LogP contribution in [0.25, 0.3) is 33.4 Å². The molecule has 0 saturated heterocycles. The van der Waals surface area contributed by atoms with Crippen molar-refractivity contribution in [3.05, 3.63) is 65.9 Å². The van der Waals surface area contributed by atoms with Gasteiger partial charge in [-0.1, -0.05) is 35.9 Å². The van der Waals surface area contributed by atoms with Gasteiger partial charge in [0, 0.05) is 22.8 Å². The van der Waals surface area contributed by atoms with Gasteiger partial charge in [-0.25, -0.2) is 0 Å². The lowest BCUT2D eigenvalue weighted by molar-refractivity contribution is 0.100. The van der Waals surface area contributed by atoms with E-state index in [1.54, 1.807) is 12.3 Å². The summed E-state index contributed by atoms with van der Waals surface area (Å²) in [5.41, 5.74) is 11.7. The summed E-state index contributed by atoms with van der Waals surface area (Å²) in [6.07, 6.45) is 1.77. The van der Waals surface area contributed by atoms with Gasteiger partial charge in [-0.2, -0.15) is 5.10 Å². The summed E-state index contributed by atoms with van der Waals surface area (Å²) < 4.78 is 0. The number of nitrogens with one attached hydrogen (secondary N) is 2. The van der Waals surface area contributed by atoms with Crippen LogP contribution in [0.5, 0.6) is 0 Å². The van der Waals surface area contributed by atoms with Crippen molar-refractivity contribution in [2.75, 3.05) is 0 Å². The van der Waals surface area contributed by atoms with Gasteiger partial charge in [0.05, 0.1) is 16.8 Å². The summed E-state index contributed by atoms with van der Waals surface area (Å²) in [7, 11) is 0. The molecule has 4 N–H and O–H groups in total. The molecule has 0 bridgehead atoms. The Morgan fingerprint density at radius 3 is 2.54 bits per heavy atom. The standard InChI is InChI=1S/C19H16N4O/c1-11-2-4-12(5-3-11)17-10-15-13(16-8-9-21-23-16)6-7-14(19(20)24)18(15)22-17/h2-10,22H,1H3,(H2,20,24)(H,21,23). The summed E-state index contributed by atoms with van der Waals surface area (Å²) >= 11 is 0. The molecule has 4 rings (SSSR count). The first-order valence-corrected chi connectivity index (χ1v) is 7.66. The van der Waals surface area contributed by atoms with Crippen LogP contribution in [0.4, 0.5) is 0 Å². The van der Waals surface area contributed by atoms with Crippen molar-refractivity contribution in [1.82, 2.24) is 15.2 Å². The first-order chi connectivity index (χ1) is 11.6. The largest absolute Gasteiger partial charge is 0.366 e. The number of hydrogen-bond donors (Lipinski definition) is 3. The molecular weight excluding hydrogens is 300 g/mol. The number of hydrogen-bond acceptors (Lipinski definition) is 2. The Hall–Kier alpha value is -3.34. The number of primary amides is 1. The second-order valence-corrected chi connectivity index (χ2v) is 5.82. The van der Waals surface area contributed by atoms with Gasteiger partial charge in [0.2, 0.25) is 0 Å². The van der Waals surface area contributed by atoms with Crippen molar-refractivity contribution in [3.63, 3.8) is 0 Å². The molecule has 24 heavy (non-hydrogen) atoms. The zero-order valence-electron chi connectivity index (χ0n) is 13.1. The summed E-state index contributed by atoms with van der Waals surface area (Å²) in [5, 5.41) is 8.00. The Morgan fingerprint density at radius 2 is 1.88 bits per heavy atom. The molecule has 118 valence electrons. The molecule has 2 aromatic carbocycles. The van der Waals surface area contributed by atoms with Crippen molar-refractivity contribution >= 4 is 16.8 Å². The van der Waals surface area contributed by atoms with Crippen molar-refractivity contribution in [3.8, 4) is 22.5 Å². The van der Waals surface area contributed by atoms with Crippen LogP contribution in [-0.4, -0.2) is 21.1 Å². The molecule has 2 aromatic heterocycles. The highest BCUT2D eigenvalue weighted by Crippen LogP contribution is 2.33. The van der Waals surface area contributed by atoms with Crippen LogP contribution in [0.2, 0.25) is 0 Å². The number of H-pyrrole nitrogens is 2. The maximum Gasteiger partial charge on any atom is 0.250 e. The molecule has 0 unspecified atom stereocenters. The third-order valence-electron chi connectivity index (χ3n) is 4.20. The molecular formula is C19H16N4O. The lowest BCUT2D eigenvalue weighted by Gasteiger charge is -2.03. The van der Waals surface area contributed by atoms with Crippen LogP contribution in [-0.2, 0) is 0 Å². The highest BCUT2D eigenvalue weighted by Gasteiger charge is 2.15. The number of aromatic amines is 2. The van der Waals surface area contributed by atoms with Crippen LogP contribution in [0, 0.1) is 6.92 Å². The number of aromatic nitrogens is 3. The molecule has 0 atom stereocenters. The van der Waals surface area contributed by atoms with E-state index in [4.69, 9.17) is 5.73 Å². The van der Waals surface area contributed by atoms with E-state index in [0.29, 0.717) is 5.56 Å². The highest BCUT2D eigenvalue weighted by atomic mass is 16.1. The van der Waals surface area contributed by atoms with Crippen LogP contribution < -0.4 is 5.73 Å². The van der Waals surface area contributed by atoms with Gasteiger partial charge in [0.25, 0.3) is 5.91 Å². The van der Waals surface area contributed by atoms with Crippen LogP contribution in [0.1, 0.15) is 15.9 Å². The van der Waals surface area contributed by atoms with Crippen LogP contribution >= 0.6 is 0 Å². The first-order valence-electron chi connectivity index (χ1n) is 7.66. The average Bonchev–Trinajstić information content (AvgIpc) is 3.24. The fourth-order valence-corrected chi connectivity index (χ4v) is 2.95. The number of carbonyl (C=O) groups excluding carboxylic acids is 1. The third kappa shape index (κ3) is 2.27. The normalized spacial score (nSPS) is 11.0. The second-order valence-electron chi connectivity index (χ2n) is 5.82. The fourth-order valence-electron chi connectivity index (χ4n) is 2.95. The number of benzene rings is 2. The van der Waals surface area contributed by atoms with E-state index < -0.39 is 5.91 Å². The lowest BCUT2D eigenvalue weighted by Crippen LogP contribution is -2.11. The van der Waals surface area contributed by atoms with Crippen molar-refractivity contribution < 1.29 is 4.79 Å². The number of carbonyl (C=O) groups is 1. The molecule has 4 aromatic rings. The quantitative estimate of drug-likeness (QED) is 0.539. The van der Waals surface area contributed by atoms with E-state index in [1.165, 1.54) is 5.56 Å². The molecule has 2 heterocycles. The SMILES string of the molecule is Cc1ccc(-c2cc3c(-c4cc[nH]n4)ccc(C(N)=O)c3[nH]2)cc1. The molecule has 0 aliphatic heterocycles. The predicted octanol–water partition coefficient (Wildman–Crippen LogP) is 3.63. The number of nitrogens with zero attached hydrogens (tertiary/aromatic N) is 1. The lowest BCUT2D eigenvalue weighted by atomic mass is 10.0. The van der Waals surface area contributed by atoms with Gasteiger partial charge >= 0.3 is 0 Å². The van der Waals surface area contributed by atoms with Gasteiger partial charge in [-0.05, 0) is 30.7 Å². The van der Waals surface area contributed by atoms with E-state index in [9.17, 15) is 4.79 Å². The summed E-state index contributed by atoms with van der Waals surface area (Å²) in [6.45, 7) is 2.05. The number of rotatable bonds is 3. The average molecular weight is 316 g/mol. The Labute approximate surface area is 138 Å². The second kappa shape index (κ2) is 5.38. The Balaban J connectivity index is 1.98. The molecule has 0 fully saturated rings. The summed E-state index contributed by atoms with van der Waals surface area (Å²) in [6, 6.07) is 15.8. The minimum Gasteiger partial charge on any atom is -0.366 e. The van der Waals surface area contributed by atoms with E-state index in [1.807, 2.05) is 18.2 Å². The number of amides is 1. The van der Waals surface area contributed by atoms with Crippen molar-refractivity contribution in [1.29, 1.82) is 0 Å². The molecule has 0 radical (unpaired) electrons. The van der Waals surface area contributed by atoms with Crippen LogP contribution in [0.3, 0.4) is 0 Å². The topological polar surface area (TPSA) is 87.6 Å². The van der Waals surface area contributed by atoms with Gasteiger partial charge < -0.3 is 10.7 Å². The van der Waals surface area contributed by atoms with Gasteiger partial charge in [0.15, 0.2) is 0 Å². The van der Waals surface area contributed by atoms with E-state index in [-0.39, 0.29) is 0 Å². The van der Waals surface area contributed by atoms with Gasteiger partial charge in [0.1, 0.15) is 0 Å². The number of aryl methyl sites for hydroxylation is 1.